The number of hydrogen-bond acceptors (Lipinski definition) is 3. The van der Waals surface area contributed by atoms with E-state index in [1.807, 2.05) is 0 Å². The fourth-order valence-corrected chi connectivity index (χ4v) is 4.71. The molecule has 2 aliphatic carbocycles. The molecule has 2 rings (SSSR count). The zero-order valence-electron chi connectivity index (χ0n) is 11.3. The molecule has 3 nitrogen and oxygen atoms in total. The van der Waals surface area contributed by atoms with E-state index >= 15 is 0 Å². The number of aliphatic hydroxyl groups is 1. The van der Waals surface area contributed by atoms with Gasteiger partial charge in [0.2, 0.25) is 0 Å². The summed E-state index contributed by atoms with van der Waals surface area (Å²) in [6.07, 6.45) is 7.29. The van der Waals surface area contributed by atoms with Gasteiger partial charge in [0.1, 0.15) is 9.84 Å². The highest BCUT2D eigenvalue weighted by molar-refractivity contribution is 7.91. The van der Waals surface area contributed by atoms with Crippen LogP contribution in [0.25, 0.3) is 0 Å². The molecule has 2 fully saturated rings. The second kappa shape index (κ2) is 5.91. The van der Waals surface area contributed by atoms with Gasteiger partial charge in [-0.2, -0.15) is 0 Å². The molecule has 1 N–H and O–H groups in total. The molecule has 0 aromatic carbocycles. The second-order valence-corrected chi connectivity index (χ2v) is 8.68. The maximum atomic E-state index is 11.3. The highest BCUT2D eigenvalue weighted by Gasteiger charge is 2.39. The summed E-state index contributed by atoms with van der Waals surface area (Å²) in [5.74, 6) is 2.94. The summed E-state index contributed by atoms with van der Waals surface area (Å²) in [5, 5.41) is 10.0. The number of aliphatic hydroxyl groups excluding tert-OH is 1. The van der Waals surface area contributed by atoms with Crippen molar-refractivity contribution in [3.05, 3.63) is 0 Å². The van der Waals surface area contributed by atoms with Gasteiger partial charge in [-0.1, -0.05) is 13.3 Å². The first-order valence-electron chi connectivity index (χ1n) is 7.38. The van der Waals surface area contributed by atoms with Gasteiger partial charge in [-0.15, -0.1) is 0 Å². The first kappa shape index (κ1) is 14.3. The van der Waals surface area contributed by atoms with E-state index in [0.717, 1.165) is 18.3 Å². The first-order chi connectivity index (χ1) is 8.50. The Bertz CT molecular complexity index is 363. The molecule has 4 unspecified atom stereocenters. The summed E-state index contributed by atoms with van der Waals surface area (Å²) in [6, 6.07) is 0. The van der Waals surface area contributed by atoms with Crippen molar-refractivity contribution in [2.24, 2.45) is 17.8 Å². The van der Waals surface area contributed by atoms with Crippen molar-refractivity contribution in [2.75, 3.05) is 11.5 Å². The van der Waals surface area contributed by atoms with Crippen LogP contribution < -0.4 is 0 Å². The van der Waals surface area contributed by atoms with Crippen LogP contribution in [0.5, 0.6) is 0 Å². The van der Waals surface area contributed by atoms with Crippen LogP contribution in [0.2, 0.25) is 0 Å². The van der Waals surface area contributed by atoms with Crippen LogP contribution >= 0.6 is 0 Å². The maximum absolute atomic E-state index is 11.3. The van der Waals surface area contributed by atoms with Gasteiger partial charge >= 0.3 is 0 Å². The Morgan fingerprint density at radius 3 is 2.61 bits per heavy atom. The number of rotatable bonds is 7. The predicted octanol–water partition coefficient (Wildman–Crippen LogP) is 2.39. The van der Waals surface area contributed by atoms with Crippen LogP contribution in [-0.2, 0) is 9.84 Å². The van der Waals surface area contributed by atoms with Crippen molar-refractivity contribution in [3.63, 3.8) is 0 Å². The summed E-state index contributed by atoms with van der Waals surface area (Å²) >= 11 is 0. The number of sulfone groups is 1. The molecule has 106 valence electrons. The highest BCUT2D eigenvalue weighted by atomic mass is 32.2. The average Bonchev–Trinajstić information content (AvgIpc) is 2.90. The minimum absolute atomic E-state index is 0.218. The van der Waals surface area contributed by atoms with Gasteiger partial charge in [-0.05, 0) is 56.3 Å². The van der Waals surface area contributed by atoms with Crippen molar-refractivity contribution >= 4 is 9.84 Å². The minimum Gasteiger partial charge on any atom is -0.393 e. The Hall–Kier alpha value is -0.0900. The standard InChI is InChI=1S/C14H26O3S/c1-2-18(16,17)7-3-4-14(15)10-13-9-11-5-6-12(13)8-11/h11-15H,2-10H2,1H3. The summed E-state index contributed by atoms with van der Waals surface area (Å²) < 4.78 is 22.7. The van der Waals surface area contributed by atoms with Crippen molar-refractivity contribution in [1.29, 1.82) is 0 Å². The lowest BCUT2D eigenvalue weighted by Crippen LogP contribution is -2.19. The molecule has 0 spiro atoms. The lowest BCUT2D eigenvalue weighted by Gasteiger charge is -2.24. The summed E-state index contributed by atoms with van der Waals surface area (Å²) in [6.45, 7) is 1.68. The van der Waals surface area contributed by atoms with Crippen LogP contribution in [-0.4, -0.2) is 31.1 Å². The lowest BCUT2D eigenvalue weighted by molar-refractivity contribution is 0.116. The van der Waals surface area contributed by atoms with Gasteiger partial charge in [0, 0.05) is 5.75 Å². The van der Waals surface area contributed by atoms with Gasteiger partial charge in [-0.25, -0.2) is 8.42 Å². The van der Waals surface area contributed by atoms with E-state index in [1.165, 1.54) is 25.7 Å². The molecule has 2 bridgehead atoms. The minimum atomic E-state index is -2.86. The van der Waals surface area contributed by atoms with E-state index in [-0.39, 0.29) is 17.6 Å². The summed E-state index contributed by atoms with van der Waals surface area (Å²) in [5.41, 5.74) is 0. The van der Waals surface area contributed by atoms with Crippen LogP contribution in [0.15, 0.2) is 0 Å². The molecule has 0 saturated heterocycles. The predicted molar refractivity (Wildman–Crippen MR) is 73.1 cm³/mol. The molecule has 0 aromatic rings. The quantitative estimate of drug-likeness (QED) is 0.775. The third kappa shape index (κ3) is 3.70. The molecule has 4 atom stereocenters. The smallest absolute Gasteiger partial charge is 0.150 e. The molecule has 2 saturated carbocycles. The first-order valence-corrected chi connectivity index (χ1v) is 9.20. The van der Waals surface area contributed by atoms with Gasteiger partial charge in [0.05, 0.1) is 11.9 Å². The van der Waals surface area contributed by atoms with Crippen molar-refractivity contribution in [2.45, 2.75) is 58.0 Å². The van der Waals surface area contributed by atoms with Crippen LogP contribution in [0, 0.1) is 17.8 Å². The lowest BCUT2D eigenvalue weighted by atomic mass is 9.84. The van der Waals surface area contributed by atoms with E-state index in [0.29, 0.717) is 18.8 Å². The number of hydrogen-bond donors (Lipinski definition) is 1. The molecule has 0 radical (unpaired) electrons. The Morgan fingerprint density at radius 1 is 1.28 bits per heavy atom. The Labute approximate surface area is 111 Å². The fourth-order valence-electron chi connectivity index (χ4n) is 3.82. The molecule has 2 aliphatic rings. The van der Waals surface area contributed by atoms with Gasteiger partial charge in [-0.3, -0.25) is 0 Å². The monoisotopic (exact) mass is 274 g/mol. The zero-order valence-corrected chi connectivity index (χ0v) is 12.2. The molecule has 0 aliphatic heterocycles. The fraction of sp³-hybridized carbons (Fsp3) is 1.00. The van der Waals surface area contributed by atoms with Gasteiger partial charge in [0.25, 0.3) is 0 Å². The maximum Gasteiger partial charge on any atom is 0.150 e. The highest BCUT2D eigenvalue weighted by Crippen LogP contribution is 2.50. The number of fused-ring (bicyclic) bond motifs is 2. The third-order valence-corrected chi connectivity index (χ3v) is 6.68. The normalized spacial score (nSPS) is 32.9. The largest absolute Gasteiger partial charge is 0.393 e. The van der Waals surface area contributed by atoms with Gasteiger partial charge in [0.15, 0.2) is 0 Å². The van der Waals surface area contributed by atoms with E-state index < -0.39 is 9.84 Å². The molecule has 18 heavy (non-hydrogen) atoms. The van der Waals surface area contributed by atoms with Crippen LogP contribution in [0.4, 0.5) is 0 Å². The van der Waals surface area contributed by atoms with Crippen molar-refractivity contribution in [1.82, 2.24) is 0 Å². The topological polar surface area (TPSA) is 54.4 Å². The van der Waals surface area contributed by atoms with E-state index in [2.05, 4.69) is 0 Å². The van der Waals surface area contributed by atoms with E-state index in [1.54, 1.807) is 6.92 Å². The molecule has 4 heteroatoms. The van der Waals surface area contributed by atoms with E-state index in [9.17, 15) is 13.5 Å². The SMILES string of the molecule is CCS(=O)(=O)CCCC(O)CC1CC2CCC1C2. The average molecular weight is 274 g/mol. The Balaban J connectivity index is 1.65. The molecular formula is C14H26O3S. The Kier molecular flexibility index (Phi) is 4.70. The summed E-state index contributed by atoms with van der Waals surface area (Å²) in [4.78, 5) is 0. The third-order valence-electron chi connectivity index (χ3n) is 4.89. The molecule has 0 amide bonds. The molecule has 0 aromatic heterocycles. The molecule has 0 heterocycles. The van der Waals surface area contributed by atoms with Crippen molar-refractivity contribution in [3.8, 4) is 0 Å². The Morgan fingerprint density at radius 2 is 2.06 bits per heavy atom. The van der Waals surface area contributed by atoms with E-state index in [4.69, 9.17) is 0 Å². The van der Waals surface area contributed by atoms with Crippen molar-refractivity contribution < 1.29 is 13.5 Å². The van der Waals surface area contributed by atoms with Crippen LogP contribution in [0.3, 0.4) is 0 Å². The van der Waals surface area contributed by atoms with Gasteiger partial charge < -0.3 is 5.11 Å². The second-order valence-electron chi connectivity index (χ2n) is 6.20. The van der Waals surface area contributed by atoms with Crippen LogP contribution in [0.1, 0.15) is 51.9 Å². The summed E-state index contributed by atoms with van der Waals surface area (Å²) in [7, 11) is -2.86. The zero-order chi connectivity index (χ0) is 13.2. The molecular weight excluding hydrogens is 248 g/mol.